The number of nitrogens with zero attached hydrogens (tertiary/aromatic N) is 2. The lowest BCUT2D eigenvalue weighted by Crippen LogP contribution is -2.05. The molecule has 0 atom stereocenters. The van der Waals surface area contributed by atoms with Crippen LogP contribution in [-0.4, -0.2) is 23.6 Å². The third-order valence-electron chi connectivity index (χ3n) is 2.84. The van der Waals surface area contributed by atoms with E-state index in [1.54, 1.807) is 0 Å². The summed E-state index contributed by atoms with van der Waals surface area (Å²) in [5.41, 5.74) is 6.18. The molecule has 0 aliphatic heterocycles. The maximum absolute atomic E-state index is 13.1. The van der Waals surface area contributed by atoms with Crippen molar-refractivity contribution in [3.8, 4) is 17.7 Å². The first-order chi connectivity index (χ1) is 11.0. The van der Waals surface area contributed by atoms with E-state index in [4.69, 9.17) is 10.5 Å². The first-order valence-electron chi connectivity index (χ1n) is 6.48. The number of pyridine rings is 1. The van der Waals surface area contributed by atoms with Crippen LogP contribution in [0.1, 0.15) is 5.56 Å². The number of benzene rings is 1. The molecular formula is C15H13FN4O3. The Morgan fingerprint density at radius 1 is 1.43 bits per heavy atom. The fourth-order valence-corrected chi connectivity index (χ4v) is 1.73. The van der Waals surface area contributed by atoms with Crippen molar-refractivity contribution in [2.24, 2.45) is 0 Å². The molecule has 3 N–H and O–H groups in total. The van der Waals surface area contributed by atoms with Crippen LogP contribution in [0, 0.1) is 27.8 Å². The maximum atomic E-state index is 13.1. The second-order valence-electron chi connectivity index (χ2n) is 4.37. The SMILES string of the molecule is COc1ccc([N+](=O)[O-])c(NCC#Cc2cc(F)ccc2N)n1. The number of ether oxygens (including phenoxy) is 1. The van der Waals surface area contributed by atoms with E-state index in [2.05, 4.69) is 22.1 Å². The molecule has 2 aromatic rings. The molecule has 8 heteroatoms. The van der Waals surface area contributed by atoms with E-state index in [1.165, 1.54) is 37.4 Å². The fraction of sp³-hybridized carbons (Fsp3) is 0.133. The van der Waals surface area contributed by atoms with Gasteiger partial charge in [0.25, 0.3) is 0 Å². The van der Waals surface area contributed by atoms with Gasteiger partial charge in [-0.2, -0.15) is 4.98 Å². The van der Waals surface area contributed by atoms with Crippen LogP contribution in [-0.2, 0) is 0 Å². The van der Waals surface area contributed by atoms with Crippen molar-refractivity contribution in [2.75, 3.05) is 24.7 Å². The van der Waals surface area contributed by atoms with Gasteiger partial charge in [-0.05, 0) is 18.2 Å². The number of rotatable bonds is 4. The lowest BCUT2D eigenvalue weighted by molar-refractivity contribution is -0.384. The molecular weight excluding hydrogens is 303 g/mol. The predicted octanol–water partition coefficient (Wildman–Crippen LogP) is 2.18. The Kier molecular flexibility index (Phi) is 4.94. The molecule has 1 aromatic carbocycles. The third kappa shape index (κ3) is 4.07. The molecule has 118 valence electrons. The van der Waals surface area contributed by atoms with Crippen molar-refractivity contribution in [1.82, 2.24) is 4.98 Å². The van der Waals surface area contributed by atoms with E-state index in [0.29, 0.717) is 11.3 Å². The van der Waals surface area contributed by atoms with Crippen molar-refractivity contribution in [1.29, 1.82) is 0 Å². The summed E-state index contributed by atoms with van der Waals surface area (Å²) in [5.74, 6) is 5.24. The van der Waals surface area contributed by atoms with Crippen molar-refractivity contribution in [3.63, 3.8) is 0 Å². The second-order valence-corrected chi connectivity index (χ2v) is 4.37. The average molecular weight is 316 g/mol. The smallest absolute Gasteiger partial charge is 0.311 e. The molecule has 0 saturated heterocycles. The van der Waals surface area contributed by atoms with Crippen molar-refractivity contribution < 1.29 is 14.1 Å². The zero-order valence-electron chi connectivity index (χ0n) is 12.2. The Bertz CT molecular complexity index is 799. The second kappa shape index (κ2) is 7.09. The van der Waals surface area contributed by atoms with E-state index in [1.807, 2.05) is 0 Å². The normalized spacial score (nSPS) is 9.65. The minimum Gasteiger partial charge on any atom is -0.481 e. The summed E-state index contributed by atoms with van der Waals surface area (Å²) in [4.78, 5) is 14.3. The van der Waals surface area contributed by atoms with Gasteiger partial charge in [-0.15, -0.1) is 0 Å². The number of halogens is 1. The molecule has 1 heterocycles. The highest BCUT2D eigenvalue weighted by atomic mass is 19.1. The van der Waals surface area contributed by atoms with Gasteiger partial charge < -0.3 is 15.8 Å². The predicted molar refractivity (Wildman–Crippen MR) is 83.6 cm³/mol. The largest absolute Gasteiger partial charge is 0.481 e. The number of nitrogens with two attached hydrogens (primary N) is 1. The highest BCUT2D eigenvalue weighted by Crippen LogP contribution is 2.24. The van der Waals surface area contributed by atoms with Crippen LogP contribution < -0.4 is 15.8 Å². The Hall–Kier alpha value is -3.34. The average Bonchev–Trinajstić information content (AvgIpc) is 2.54. The van der Waals surface area contributed by atoms with Crippen LogP contribution in [0.25, 0.3) is 0 Å². The summed E-state index contributed by atoms with van der Waals surface area (Å²) < 4.78 is 18.0. The quantitative estimate of drug-likeness (QED) is 0.388. The standard InChI is InChI=1S/C15H13FN4O3/c1-23-14-7-6-13(20(21)22)15(19-14)18-8-2-3-10-9-11(16)4-5-12(10)17/h4-7,9H,8,17H2,1H3,(H,18,19). The monoisotopic (exact) mass is 316 g/mol. The van der Waals surface area contributed by atoms with E-state index in [-0.39, 0.29) is 23.9 Å². The molecule has 0 aliphatic rings. The van der Waals surface area contributed by atoms with Crippen LogP contribution in [0.3, 0.4) is 0 Å². The number of hydrogen-bond donors (Lipinski definition) is 2. The van der Waals surface area contributed by atoms with Gasteiger partial charge in [0.1, 0.15) is 5.82 Å². The van der Waals surface area contributed by atoms with E-state index in [9.17, 15) is 14.5 Å². The van der Waals surface area contributed by atoms with Gasteiger partial charge >= 0.3 is 5.69 Å². The zero-order valence-corrected chi connectivity index (χ0v) is 12.2. The molecule has 2 rings (SSSR count). The summed E-state index contributed by atoms with van der Waals surface area (Å²) in [5, 5.41) is 13.7. The van der Waals surface area contributed by atoms with Crippen molar-refractivity contribution in [2.45, 2.75) is 0 Å². The zero-order chi connectivity index (χ0) is 16.8. The van der Waals surface area contributed by atoms with E-state index in [0.717, 1.165) is 0 Å². The highest BCUT2D eigenvalue weighted by molar-refractivity contribution is 5.59. The highest BCUT2D eigenvalue weighted by Gasteiger charge is 2.15. The summed E-state index contributed by atoms with van der Waals surface area (Å²) in [7, 11) is 1.41. The molecule has 1 aromatic heterocycles. The minimum absolute atomic E-state index is 0.0378. The van der Waals surface area contributed by atoms with Gasteiger partial charge in [0.15, 0.2) is 0 Å². The number of nitrogens with one attached hydrogen (secondary N) is 1. The molecule has 0 bridgehead atoms. The van der Waals surface area contributed by atoms with Crippen LogP contribution in [0.5, 0.6) is 5.88 Å². The molecule has 0 radical (unpaired) electrons. The first-order valence-corrected chi connectivity index (χ1v) is 6.48. The number of hydrogen-bond acceptors (Lipinski definition) is 6. The summed E-state index contributed by atoms with van der Waals surface area (Å²) >= 11 is 0. The molecule has 0 fully saturated rings. The Morgan fingerprint density at radius 3 is 2.91 bits per heavy atom. The summed E-state index contributed by atoms with van der Waals surface area (Å²) in [6.45, 7) is 0.0664. The number of nitro groups is 1. The third-order valence-corrected chi connectivity index (χ3v) is 2.84. The van der Waals surface area contributed by atoms with Crippen LogP contribution in [0.2, 0.25) is 0 Å². The minimum atomic E-state index is -0.563. The maximum Gasteiger partial charge on any atom is 0.311 e. The molecule has 0 saturated carbocycles. The number of anilines is 2. The molecule has 0 amide bonds. The lowest BCUT2D eigenvalue weighted by Gasteiger charge is -2.05. The molecule has 0 unspecified atom stereocenters. The van der Waals surface area contributed by atoms with E-state index >= 15 is 0 Å². The van der Waals surface area contributed by atoms with Crippen LogP contribution in [0.15, 0.2) is 30.3 Å². The van der Waals surface area contributed by atoms with Gasteiger partial charge in [-0.1, -0.05) is 11.8 Å². The molecule has 0 spiro atoms. The topological polar surface area (TPSA) is 103 Å². The lowest BCUT2D eigenvalue weighted by atomic mass is 10.2. The van der Waals surface area contributed by atoms with Crippen molar-refractivity contribution >= 4 is 17.2 Å². The van der Waals surface area contributed by atoms with Gasteiger partial charge in [-0.25, -0.2) is 4.39 Å². The molecule has 0 aliphatic carbocycles. The number of nitrogen functional groups attached to an aromatic ring is 1. The van der Waals surface area contributed by atoms with Gasteiger partial charge in [-0.3, -0.25) is 10.1 Å². The Balaban J connectivity index is 2.14. The fourth-order valence-electron chi connectivity index (χ4n) is 1.73. The van der Waals surface area contributed by atoms with E-state index < -0.39 is 10.7 Å². The van der Waals surface area contributed by atoms with Crippen LogP contribution >= 0.6 is 0 Å². The number of aromatic nitrogens is 1. The first kappa shape index (κ1) is 16.0. The Labute approximate surface area is 131 Å². The molecule has 23 heavy (non-hydrogen) atoms. The van der Waals surface area contributed by atoms with Crippen molar-refractivity contribution in [3.05, 3.63) is 51.8 Å². The van der Waals surface area contributed by atoms with Crippen LogP contribution in [0.4, 0.5) is 21.6 Å². The van der Waals surface area contributed by atoms with Gasteiger partial charge in [0, 0.05) is 17.8 Å². The number of methoxy groups -OCH3 is 1. The Morgan fingerprint density at radius 2 is 2.22 bits per heavy atom. The summed E-state index contributed by atoms with van der Waals surface area (Å²) in [6, 6.07) is 6.55. The summed E-state index contributed by atoms with van der Waals surface area (Å²) in [6.07, 6.45) is 0. The van der Waals surface area contributed by atoms with Gasteiger partial charge in [0.05, 0.1) is 24.1 Å². The van der Waals surface area contributed by atoms with Gasteiger partial charge in [0.2, 0.25) is 11.7 Å². The molecule has 7 nitrogen and oxygen atoms in total.